The minimum atomic E-state index is -2.18. The lowest BCUT2D eigenvalue weighted by atomic mass is 10.1. The summed E-state index contributed by atoms with van der Waals surface area (Å²) < 4.78 is 11.0. The van der Waals surface area contributed by atoms with Crippen LogP contribution in [0.1, 0.15) is 17.6 Å². The van der Waals surface area contributed by atoms with Gasteiger partial charge in [-0.25, -0.2) is 0 Å². The third-order valence-corrected chi connectivity index (χ3v) is 2.98. The normalized spacial score (nSPS) is 13.8. The number of rotatable bonds is 4. The molecule has 0 aromatic heterocycles. The van der Waals surface area contributed by atoms with Crippen molar-refractivity contribution in [1.29, 1.82) is 0 Å². The van der Waals surface area contributed by atoms with Gasteiger partial charge in [-0.3, -0.25) is 0 Å². The Kier molecular flexibility index (Phi) is 4.03. The molecule has 0 saturated heterocycles. The zero-order valence-electron chi connectivity index (χ0n) is 7.26. The van der Waals surface area contributed by atoms with E-state index in [4.69, 9.17) is 10.6 Å². The lowest BCUT2D eigenvalue weighted by Crippen LogP contribution is -2.04. The van der Waals surface area contributed by atoms with Crippen molar-refractivity contribution in [2.45, 2.75) is 12.1 Å². The van der Waals surface area contributed by atoms with Gasteiger partial charge in [0, 0.05) is 12.0 Å². The molecule has 13 heavy (non-hydrogen) atoms. The highest BCUT2D eigenvalue weighted by molar-refractivity contribution is 7.38. The molecule has 0 aliphatic carbocycles. The van der Waals surface area contributed by atoms with Crippen LogP contribution in [0.15, 0.2) is 30.3 Å². The summed E-state index contributed by atoms with van der Waals surface area (Å²) in [5.74, 6) is 0. The zero-order valence-corrected chi connectivity index (χ0v) is 8.15. The molecule has 0 aliphatic heterocycles. The largest absolute Gasteiger partial charge is 0.513 e. The molecule has 2 atom stereocenters. The van der Waals surface area contributed by atoms with Crippen LogP contribution in [0.25, 0.3) is 0 Å². The third kappa shape index (κ3) is 2.88. The molecule has 3 N–H and O–H groups in total. The Balaban J connectivity index is 2.82. The number of hydrogen-bond acceptors (Lipinski definition) is 2. The minimum absolute atomic E-state index is 0.318. The van der Waals surface area contributed by atoms with Crippen LogP contribution in [-0.4, -0.2) is 11.4 Å². The molecule has 0 amide bonds. The summed E-state index contributed by atoms with van der Waals surface area (Å²) >= 11 is 0. The van der Waals surface area contributed by atoms with Crippen LogP contribution in [0.5, 0.6) is 0 Å². The predicted molar refractivity (Wildman–Crippen MR) is 52.7 cm³/mol. The average molecular weight is 198 g/mol. The Labute approximate surface area is 78.5 Å². The molecule has 0 bridgehead atoms. The highest BCUT2D eigenvalue weighted by atomic mass is 31.1. The van der Waals surface area contributed by atoms with E-state index in [0.717, 1.165) is 5.56 Å². The van der Waals surface area contributed by atoms with Gasteiger partial charge in [0.15, 0.2) is 0 Å². The van der Waals surface area contributed by atoms with Crippen molar-refractivity contribution in [3.63, 3.8) is 0 Å². The van der Waals surface area contributed by atoms with Crippen LogP contribution in [0, 0.1) is 0 Å². The molecule has 0 heterocycles. The van der Waals surface area contributed by atoms with Gasteiger partial charge in [-0.2, -0.15) is 4.89 Å². The first kappa shape index (κ1) is 10.3. The minimum Gasteiger partial charge on any atom is -0.330 e. The summed E-state index contributed by atoms with van der Waals surface area (Å²) in [4.78, 5) is 9.05. The van der Waals surface area contributed by atoms with Crippen LogP contribution >= 0.6 is 8.03 Å². The summed E-state index contributed by atoms with van der Waals surface area (Å²) in [6.07, 6.45) is 0.551. The van der Waals surface area contributed by atoms with E-state index >= 15 is 0 Å². The quantitative estimate of drug-likeness (QED) is 0.725. The van der Waals surface area contributed by atoms with E-state index < -0.39 is 8.03 Å². The Morgan fingerprint density at radius 1 is 1.38 bits per heavy atom. The highest BCUT2D eigenvalue weighted by Crippen LogP contribution is 2.39. The molecule has 70 valence electrons. The summed E-state index contributed by atoms with van der Waals surface area (Å²) in [6.45, 7) is 0.432. The van der Waals surface area contributed by atoms with Gasteiger partial charge in [0.05, 0.1) is 0 Å². The van der Waals surface area contributed by atoms with Crippen molar-refractivity contribution in [1.82, 2.24) is 0 Å². The van der Waals surface area contributed by atoms with Crippen molar-refractivity contribution in [3.8, 4) is 0 Å². The fraction of sp³-hybridized carbons (Fsp3) is 0.333. The van der Waals surface area contributed by atoms with E-state index in [2.05, 4.69) is 0 Å². The van der Waals surface area contributed by atoms with E-state index in [1.165, 1.54) is 0 Å². The van der Waals surface area contributed by atoms with Crippen molar-refractivity contribution >= 4 is 8.03 Å². The predicted octanol–water partition coefficient (Wildman–Crippen LogP) is 1.81. The van der Waals surface area contributed by atoms with E-state index in [1.54, 1.807) is 0 Å². The summed E-state index contributed by atoms with van der Waals surface area (Å²) in [5, 5.41) is 0. The van der Waals surface area contributed by atoms with Crippen LogP contribution in [0.4, 0.5) is 0 Å². The smallest absolute Gasteiger partial charge is 0.330 e. The van der Waals surface area contributed by atoms with Crippen LogP contribution < -0.4 is 5.73 Å². The maximum Gasteiger partial charge on any atom is 0.513 e. The van der Waals surface area contributed by atoms with Gasteiger partial charge in [0.25, 0.3) is 0 Å². The lowest BCUT2D eigenvalue weighted by Gasteiger charge is -2.02. The lowest BCUT2D eigenvalue weighted by molar-refractivity contribution is 0.486. The van der Waals surface area contributed by atoms with Gasteiger partial charge < -0.3 is 5.73 Å². The van der Waals surface area contributed by atoms with Gasteiger partial charge in [-0.05, 0) is 11.1 Å². The maximum atomic E-state index is 11.0. The van der Waals surface area contributed by atoms with Crippen LogP contribution in [0.2, 0.25) is 0 Å². The molecule has 1 rings (SSSR count). The topological polar surface area (TPSA) is 63.3 Å². The number of hydrogen-bond donors (Lipinski definition) is 2. The molecular weight excluding hydrogens is 185 g/mol. The monoisotopic (exact) mass is 198 g/mol. The molecule has 1 aromatic rings. The summed E-state index contributed by atoms with van der Waals surface area (Å²) in [5.41, 5.74) is 5.93. The van der Waals surface area contributed by atoms with Crippen molar-refractivity contribution < 1.29 is 9.46 Å². The first-order valence-corrected chi connectivity index (χ1v) is 5.44. The fourth-order valence-electron chi connectivity index (χ4n) is 1.24. The fourth-order valence-corrected chi connectivity index (χ4v) is 2.03. The first-order valence-electron chi connectivity index (χ1n) is 4.16. The molecule has 0 spiro atoms. The van der Waals surface area contributed by atoms with Crippen molar-refractivity contribution in [2.75, 3.05) is 6.54 Å². The number of nitrogens with two attached hydrogens (primary N) is 1. The molecule has 0 fully saturated rings. The molecule has 0 aliphatic rings. The molecule has 3 nitrogen and oxygen atoms in total. The average Bonchev–Trinajstić information content (AvgIpc) is 2.15. The Morgan fingerprint density at radius 2 is 2.00 bits per heavy atom. The Bertz CT molecular complexity index is 276. The van der Waals surface area contributed by atoms with Gasteiger partial charge in [0.2, 0.25) is 5.66 Å². The molecule has 1 aromatic carbocycles. The summed E-state index contributed by atoms with van der Waals surface area (Å²) in [7, 11) is -2.18. The van der Waals surface area contributed by atoms with Crippen molar-refractivity contribution in [2.24, 2.45) is 5.73 Å². The molecular formula is C9H13NO2P+. The SMILES string of the molecule is NCCC(c1ccccc1)[P+](=O)O. The van der Waals surface area contributed by atoms with Crippen molar-refractivity contribution in [3.05, 3.63) is 35.9 Å². The van der Waals surface area contributed by atoms with E-state index in [0.29, 0.717) is 13.0 Å². The Morgan fingerprint density at radius 3 is 2.46 bits per heavy atom. The summed E-state index contributed by atoms with van der Waals surface area (Å²) in [6, 6.07) is 9.30. The highest BCUT2D eigenvalue weighted by Gasteiger charge is 2.29. The van der Waals surface area contributed by atoms with Gasteiger partial charge in [-0.1, -0.05) is 30.3 Å². The van der Waals surface area contributed by atoms with Crippen LogP contribution in [-0.2, 0) is 4.57 Å². The van der Waals surface area contributed by atoms with Gasteiger partial charge in [-0.15, -0.1) is 0 Å². The van der Waals surface area contributed by atoms with E-state index in [-0.39, 0.29) is 5.66 Å². The van der Waals surface area contributed by atoms with Gasteiger partial charge >= 0.3 is 8.03 Å². The second-order valence-electron chi connectivity index (χ2n) is 2.81. The second-order valence-corrected chi connectivity index (χ2v) is 4.03. The zero-order chi connectivity index (χ0) is 9.68. The van der Waals surface area contributed by atoms with E-state index in [9.17, 15) is 4.57 Å². The molecule has 0 radical (unpaired) electrons. The second kappa shape index (κ2) is 5.07. The molecule has 4 heteroatoms. The first-order chi connectivity index (χ1) is 6.25. The molecule has 2 unspecified atom stereocenters. The number of benzene rings is 1. The Hall–Kier alpha value is -0.760. The van der Waals surface area contributed by atoms with Gasteiger partial charge in [0.1, 0.15) is 0 Å². The third-order valence-electron chi connectivity index (χ3n) is 1.89. The standard InChI is InChI=1S/C9H12NO2P/c10-7-6-9(13(11)12)8-4-2-1-3-5-8/h1-5,9H,6-7,10H2/p+1. The maximum absolute atomic E-state index is 11.0. The van der Waals surface area contributed by atoms with Crippen LogP contribution in [0.3, 0.4) is 0 Å². The molecule has 0 saturated carbocycles. The van der Waals surface area contributed by atoms with E-state index in [1.807, 2.05) is 30.3 Å².